The molecule has 0 unspecified atom stereocenters. The van der Waals surface area contributed by atoms with Crippen LogP contribution in [0, 0.1) is 0 Å². The Kier molecular flexibility index (Phi) is 6.73. The minimum Gasteiger partial charge on any atom is -0.396 e. The molecule has 1 rings (SSSR count). The Bertz CT molecular complexity index is 388. The number of amides is 1. The second kappa shape index (κ2) is 7.82. The number of carbonyl (C=O) groups excluding carboxylic acids is 1. The number of thioether (sulfide) groups is 1. The molecule has 0 radical (unpaired) electrons. The smallest absolute Gasteiger partial charge is 0.234 e. The maximum absolute atomic E-state index is 11.5. The summed E-state index contributed by atoms with van der Waals surface area (Å²) in [5, 5.41) is 12.2. The summed E-state index contributed by atoms with van der Waals surface area (Å²) in [7, 11) is 0. The molecule has 2 N–H and O–H groups in total. The van der Waals surface area contributed by atoms with Crippen molar-refractivity contribution in [3.05, 3.63) is 28.2 Å². The van der Waals surface area contributed by atoms with Gasteiger partial charge >= 0.3 is 0 Å². The summed E-state index contributed by atoms with van der Waals surface area (Å²) in [4.78, 5) is 11.5. The van der Waals surface area contributed by atoms with Crippen molar-refractivity contribution in [2.24, 2.45) is 0 Å². The molecule has 0 aromatic heterocycles. The Labute approximate surface area is 114 Å². The van der Waals surface area contributed by atoms with Crippen LogP contribution >= 0.6 is 35.0 Å². The molecule has 0 aliphatic heterocycles. The molecular formula is C11H13Cl2NO2S. The van der Waals surface area contributed by atoms with Gasteiger partial charge in [-0.25, -0.2) is 0 Å². The first kappa shape index (κ1) is 14.6. The van der Waals surface area contributed by atoms with Gasteiger partial charge in [-0.2, -0.15) is 11.8 Å². The van der Waals surface area contributed by atoms with Gasteiger partial charge in [-0.1, -0.05) is 23.2 Å². The molecule has 0 bridgehead atoms. The molecule has 94 valence electrons. The largest absolute Gasteiger partial charge is 0.396 e. The van der Waals surface area contributed by atoms with Gasteiger partial charge in [0.05, 0.1) is 15.8 Å². The standard InChI is InChI=1S/C11H13Cl2NO2S/c12-9-3-2-8(6-10(9)13)14-11(16)7-17-5-1-4-15/h2-3,6,15H,1,4-5,7H2,(H,14,16). The van der Waals surface area contributed by atoms with Crippen LogP contribution in [0.3, 0.4) is 0 Å². The number of hydrogen-bond donors (Lipinski definition) is 2. The highest BCUT2D eigenvalue weighted by molar-refractivity contribution is 7.99. The molecule has 0 aliphatic rings. The van der Waals surface area contributed by atoms with Crippen LogP contribution in [0.4, 0.5) is 5.69 Å². The monoisotopic (exact) mass is 293 g/mol. The lowest BCUT2D eigenvalue weighted by Gasteiger charge is -2.06. The zero-order valence-electron chi connectivity index (χ0n) is 9.08. The van der Waals surface area contributed by atoms with E-state index in [9.17, 15) is 4.79 Å². The molecule has 0 fully saturated rings. The second-order valence-electron chi connectivity index (χ2n) is 3.31. The van der Waals surface area contributed by atoms with E-state index < -0.39 is 0 Å². The maximum atomic E-state index is 11.5. The van der Waals surface area contributed by atoms with Crippen LogP contribution in [0.25, 0.3) is 0 Å². The van der Waals surface area contributed by atoms with Gasteiger partial charge in [0.1, 0.15) is 0 Å². The number of carbonyl (C=O) groups is 1. The van der Waals surface area contributed by atoms with Gasteiger partial charge in [0.25, 0.3) is 0 Å². The molecule has 3 nitrogen and oxygen atoms in total. The Hall–Kier alpha value is -0.420. The van der Waals surface area contributed by atoms with Gasteiger partial charge in [-0.05, 0) is 30.4 Å². The molecular weight excluding hydrogens is 281 g/mol. The number of aliphatic hydroxyl groups is 1. The SMILES string of the molecule is O=C(CSCCCO)Nc1ccc(Cl)c(Cl)c1. The Morgan fingerprint density at radius 2 is 2.12 bits per heavy atom. The highest BCUT2D eigenvalue weighted by atomic mass is 35.5. The molecule has 17 heavy (non-hydrogen) atoms. The van der Waals surface area contributed by atoms with Crippen LogP contribution in [-0.4, -0.2) is 29.1 Å². The number of nitrogens with one attached hydrogen (secondary N) is 1. The van der Waals surface area contributed by atoms with E-state index in [1.165, 1.54) is 11.8 Å². The molecule has 0 atom stereocenters. The summed E-state index contributed by atoms with van der Waals surface area (Å²) in [6.45, 7) is 0.154. The van der Waals surface area contributed by atoms with Gasteiger partial charge < -0.3 is 10.4 Å². The fourth-order valence-electron chi connectivity index (χ4n) is 1.10. The Morgan fingerprint density at radius 1 is 1.35 bits per heavy atom. The van der Waals surface area contributed by atoms with Crippen molar-refractivity contribution in [2.75, 3.05) is 23.4 Å². The van der Waals surface area contributed by atoms with Gasteiger partial charge in [0.15, 0.2) is 0 Å². The summed E-state index contributed by atoms with van der Waals surface area (Å²) in [5.41, 5.74) is 0.632. The molecule has 0 heterocycles. The van der Waals surface area contributed by atoms with Crippen molar-refractivity contribution >= 4 is 46.6 Å². The highest BCUT2D eigenvalue weighted by Gasteiger charge is 2.04. The average Bonchev–Trinajstić information content (AvgIpc) is 2.30. The number of benzene rings is 1. The Morgan fingerprint density at radius 3 is 2.76 bits per heavy atom. The van der Waals surface area contributed by atoms with E-state index >= 15 is 0 Å². The van der Waals surface area contributed by atoms with Crippen LogP contribution in [0.5, 0.6) is 0 Å². The minimum atomic E-state index is -0.0914. The van der Waals surface area contributed by atoms with Gasteiger partial charge in [0.2, 0.25) is 5.91 Å². The van der Waals surface area contributed by atoms with Crippen molar-refractivity contribution in [1.82, 2.24) is 0 Å². The fourth-order valence-corrected chi connectivity index (χ4v) is 2.14. The van der Waals surface area contributed by atoms with Gasteiger partial charge in [-0.3, -0.25) is 4.79 Å². The third-order valence-corrected chi connectivity index (χ3v) is 3.67. The lowest BCUT2D eigenvalue weighted by Crippen LogP contribution is -2.14. The molecule has 0 aliphatic carbocycles. The van der Waals surface area contributed by atoms with Crippen LogP contribution in [0.1, 0.15) is 6.42 Å². The van der Waals surface area contributed by atoms with Crippen molar-refractivity contribution in [2.45, 2.75) is 6.42 Å². The van der Waals surface area contributed by atoms with E-state index in [0.29, 0.717) is 27.9 Å². The molecule has 0 saturated carbocycles. The van der Waals surface area contributed by atoms with Gasteiger partial charge in [-0.15, -0.1) is 0 Å². The quantitative estimate of drug-likeness (QED) is 0.793. The fraction of sp³-hybridized carbons (Fsp3) is 0.364. The lowest BCUT2D eigenvalue weighted by molar-refractivity contribution is -0.113. The predicted octanol–water partition coefficient (Wildman–Crippen LogP) is 3.05. The molecule has 1 aromatic rings. The number of rotatable bonds is 6. The lowest BCUT2D eigenvalue weighted by atomic mass is 10.3. The third-order valence-electron chi connectivity index (χ3n) is 1.88. The molecule has 0 spiro atoms. The van der Waals surface area contributed by atoms with Crippen LogP contribution < -0.4 is 5.32 Å². The number of hydrogen-bond acceptors (Lipinski definition) is 3. The summed E-state index contributed by atoms with van der Waals surface area (Å²) in [6.07, 6.45) is 0.699. The number of anilines is 1. The number of halogens is 2. The van der Waals surface area contributed by atoms with Gasteiger partial charge in [0, 0.05) is 12.3 Å². The summed E-state index contributed by atoms with van der Waals surface area (Å²) >= 11 is 13.1. The number of aliphatic hydroxyl groups excluding tert-OH is 1. The molecule has 1 aromatic carbocycles. The van der Waals surface area contributed by atoms with Crippen LogP contribution in [0.2, 0.25) is 10.0 Å². The zero-order valence-corrected chi connectivity index (χ0v) is 11.4. The van der Waals surface area contributed by atoms with E-state index in [2.05, 4.69) is 5.32 Å². The van der Waals surface area contributed by atoms with Crippen LogP contribution in [0.15, 0.2) is 18.2 Å². The first-order valence-electron chi connectivity index (χ1n) is 5.07. The topological polar surface area (TPSA) is 49.3 Å². The molecule has 6 heteroatoms. The minimum absolute atomic E-state index is 0.0914. The van der Waals surface area contributed by atoms with E-state index in [0.717, 1.165) is 5.75 Å². The Balaban J connectivity index is 2.37. The molecule has 0 saturated heterocycles. The summed E-state index contributed by atoms with van der Waals surface area (Å²) in [6, 6.07) is 4.95. The van der Waals surface area contributed by atoms with Crippen molar-refractivity contribution < 1.29 is 9.90 Å². The second-order valence-corrected chi connectivity index (χ2v) is 5.23. The average molecular weight is 294 g/mol. The van der Waals surface area contributed by atoms with Crippen molar-refractivity contribution in [1.29, 1.82) is 0 Å². The third kappa shape index (κ3) is 5.64. The first-order chi connectivity index (χ1) is 8.13. The first-order valence-corrected chi connectivity index (χ1v) is 6.98. The van der Waals surface area contributed by atoms with Crippen molar-refractivity contribution in [3.63, 3.8) is 0 Å². The van der Waals surface area contributed by atoms with Crippen molar-refractivity contribution in [3.8, 4) is 0 Å². The van der Waals surface area contributed by atoms with E-state index in [-0.39, 0.29) is 12.5 Å². The van der Waals surface area contributed by atoms with Crippen LogP contribution in [-0.2, 0) is 4.79 Å². The highest BCUT2D eigenvalue weighted by Crippen LogP contribution is 2.25. The van der Waals surface area contributed by atoms with E-state index in [1.807, 2.05) is 0 Å². The zero-order chi connectivity index (χ0) is 12.7. The van der Waals surface area contributed by atoms with E-state index in [4.69, 9.17) is 28.3 Å². The van der Waals surface area contributed by atoms with E-state index in [1.54, 1.807) is 18.2 Å². The molecule has 1 amide bonds. The normalized spacial score (nSPS) is 10.3. The predicted molar refractivity (Wildman–Crippen MR) is 74.1 cm³/mol. The maximum Gasteiger partial charge on any atom is 0.234 e. The summed E-state index contributed by atoms with van der Waals surface area (Å²) < 4.78 is 0. The summed E-state index contributed by atoms with van der Waals surface area (Å²) in [5.74, 6) is 1.04.